The van der Waals surface area contributed by atoms with E-state index in [1.165, 1.54) is 5.69 Å². The molecule has 2 aromatic rings. The van der Waals surface area contributed by atoms with Crippen molar-refractivity contribution in [2.75, 3.05) is 37.7 Å². The van der Waals surface area contributed by atoms with Crippen molar-refractivity contribution in [2.24, 2.45) is 7.05 Å². The molecule has 4 rings (SSSR count). The molecule has 0 amide bonds. The van der Waals surface area contributed by atoms with Gasteiger partial charge in [0.25, 0.3) is 0 Å². The van der Waals surface area contributed by atoms with E-state index in [0.717, 1.165) is 58.0 Å². The number of aryl methyl sites for hydroxylation is 1. The average molecular weight is 328 g/mol. The zero-order valence-corrected chi connectivity index (χ0v) is 14.1. The van der Waals surface area contributed by atoms with E-state index in [9.17, 15) is 0 Å². The quantitative estimate of drug-likeness (QED) is 0.840. The lowest BCUT2D eigenvalue weighted by molar-refractivity contribution is -0.116. The summed E-state index contributed by atoms with van der Waals surface area (Å²) in [5, 5.41) is 0. The monoisotopic (exact) mass is 328 g/mol. The Hall–Kier alpha value is -1.99. The largest absolute Gasteiger partial charge is 0.370 e. The van der Waals surface area contributed by atoms with Gasteiger partial charge in [-0.3, -0.25) is 9.88 Å². The van der Waals surface area contributed by atoms with Crippen LogP contribution in [0.5, 0.6) is 0 Å². The van der Waals surface area contributed by atoms with Gasteiger partial charge in [0.1, 0.15) is 5.82 Å². The van der Waals surface area contributed by atoms with Gasteiger partial charge in [0.15, 0.2) is 0 Å². The van der Waals surface area contributed by atoms with Gasteiger partial charge in [-0.15, -0.1) is 0 Å². The standard InChI is InChI=1S/C17H24N6O/c1-21-14-19-9-15(21)11-22-7-8-24-17(12-22)3-2-6-23(13-17)16-10-18-4-5-20-16/h4-5,9-10,14H,2-3,6-8,11-13H2,1H3. The summed E-state index contributed by atoms with van der Waals surface area (Å²) < 4.78 is 8.38. The highest BCUT2D eigenvalue weighted by molar-refractivity contribution is 5.36. The van der Waals surface area contributed by atoms with Crippen LogP contribution in [0.3, 0.4) is 0 Å². The molecule has 0 aliphatic carbocycles. The molecule has 4 heterocycles. The maximum Gasteiger partial charge on any atom is 0.147 e. The summed E-state index contributed by atoms with van der Waals surface area (Å²) in [6.45, 7) is 5.53. The zero-order valence-electron chi connectivity index (χ0n) is 14.1. The molecule has 0 radical (unpaired) electrons. The van der Waals surface area contributed by atoms with Gasteiger partial charge < -0.3 is 14.2 Å². The fraction of sp³-hybridized carbons (Fsp3) is 0.588. The van der Waals surface area contributed by atoms with E-state index < -0.39 is 0 Å². The minimum absolute atomic E-state index is 0.105. The van der Waals surface area contributed by atoms with Crippen LogP contribution in [0.15, 0.2) is 31.1 Å². The summed E-state index contributed by atoms with van der Waals surface area (Å²) in [5.41, 5.74) is 1.14. The molecule has 24 heavy (non-hydrogen) atoms. The second-order valence-corrected chi connectivity index (χ2v) is 6.83. The van der Waals surface area contributed by atoms with Crippen molar-refractivity contribution in [1.29, 1.82) is 0 Å². The molecule has 0 N–H and O–H groups in total. The van der Waals surface area contributed by atoms with Crippen molar-refractivity contribution in [3.8, 4) is 0 Å². The van der Waals surface area contributed by atoms with Crippen molar-refractivity contribution < 1.29 is 4.74 Å². The van der Waals surface area contributed by atoms with Gasteiger partial charge in [-0.1, -0.05) is 0 Å². The zero-order chi connectivity index (χ0) is 16.4. The van der Waals surface area contributed by atoms with Crippen LogP contribution < -0.4 is 4.90 Å². The van der Waals surface area contributed by atoms with Crippen molar-refractivity contribution in [1.82, 2.24) is 24.4 Å². The smallest absolute Gasteiger partial charge is 0.147 e. The van der Waals surface area contributed by atoms with Crippen LogP contribution in [0.2, 0.25) is 0 Å². The van der Waals surface area contributed by atoms with Crippen LogP contribution in [-0.4, -0.2) is 62.8 Å². The molecule has 2 fully saturated rings. The Morgan fingerprint density at radius 2 is 2.12 bits per heavy atom. The molecule has 7 nitrogen and oxygen atoms in total. The predicted molar refractivity (Wildman–Crippen MR) is 90.6 cm³/mol. The molecule has 128 valence electrons. The molecule has 0 saturated carbocycles. The van der Waals surface area contributed by atoms with Crippen molar-refractivity contribution >= 4 is 5.82 Å². The first-order valence-corrected chi connectivity index (χ1v) is 8.57. The molecule has 2 aliphatic heterocycles. The predicted octanol–water partition coefficient (Wildman–Crippen LogP) is 1.08. The maximum atomic E-state index is 6.28. The lowest BCUT2D eigenvalue weighted by atomic mass is 9.90. The van der Waals surface area contributed by atoms with Gasteiger partial charge in [0.2, 0.25) is 0 Å². The Kier molecular flexibility index (Phi) is 4.20. The molecule has 0 bridgehead atoms. The first-order chi connectivity index (χ1) is 11.7. The van der Waals surface area contributed by atoms with Crippen molar-refractivity contribution in [2.45, 2.75) is 25.0 Å². The SMILES string of the molecule is Cn1cncc1CN1CCOC2(CCCN(c3cnccn3)C2)C1. The Bertz CT molecular complexity index is 671. The van der Waals surface area contributed by atoms with Crippen LogP contribution in [-0.2, 0) is 18.3 Å². The molecule has 1 atom stereocenters. The molecular weight excluding hydrogens is 304 g/mol. The number of hydrogen-bond acceptors (Lipinski definition) is 6. The fourth-order valence-electron chi connectivity index (χ4n) is 3.82. The molecule has 7 heteroatoms. The maximum absolute atomic E-state index is 6.28. The number of anilines is 1. The van der Waals surface area contributed by atoms with E-state index >= 15 is 0 Å². The number of rotatable bonds is 3. The molecule has 2 saturated heterocycles. The highest BCUT2D eigenvalue weighted by atomic mass is 16.5. The highest BCUT2D eigenvalue weighted by Crippen LogP contribution is 2.31. The topological polar surface area (TPSA) is 59.3 Å². The molecule has 2 aliphatic rings. The highest BCUT2D eigenvalue weighted by Gasteiger charge is 2.41. The number of morpholine rings is 1. The molecule has 1 unspecified atom stereocenters. The number of aromatic nitrogens is 4. The van der Waals surface area contributed by atoms with Gasteiger partial charge in [0.05, 0.1) is 30.4 Å². The van der Waals surface area contributed by atoms with Crippen LogP contribution in [0.25, 0.3) is 0 Å². The van der Waals surface area contributed by atoms with E-state index in [1.54, 1.807) is 12.4 Å². The van der Waals surface area contributed by atoms with Gasteiger partial charge in [-0.05, 0) is 12.8 Å². The van der Waals surface area contributed by atoms with E-state index in [4.69, 9.17) is 4.74 Å². The van der Waals surface area contributed by atoms with Gasteiger partial charge >= 0.3 is 0 Å². The van der Waals surface area contributed by atoms with Crippen LogP contribution in [0, 0.1) is 0 Å². The van der Waals surface area contributed by atoms with Gasteiger partial charge in [-0.25, -0.2) is 9.97 Å². The number of piperidine rings is 1. The number of ether oxygens (including phenoxy) is 1. The third-order valence-corrected chi connectivity index (χ3v) is 5.04. The summed E-state index contributed by atoms with van der Waals surface area (Å²) in [5.74, 6) is 0.948. The molecule has 2 aromatic heterocycles. The van der Waals surface area contributed by atoms with Crippen molar-refractivity contribution in [3.63, 3.8) is 0 Å². The first-order valence-electron chi connectivity index (χ1n) is 8.57. The minimum Gasteiger partial charge on any atom is -0.370 e. The second kappa shape index (κ2) is 6.49. The Balaban J connectivity index is 1.46. The van der Waals surface area contributed by atoms with Crippen molar-refractivity contribution in [3.05, 3.63) is 36.8 Å². The Morgan fingerprint density at radius 3 is 2.92 bits per heavy atom. The van der Waals surface area contributed by atoms with E-state index in [0.29, 0.717) is 0 Å². The normalized spacial score (nSPS) is 25.3. The average Bonchev–Trinajstić information content (AvgIpc) is 3.01. The number of nitrogens with zero attached hydrogens (tertiary/aromatic N) is 6. The van der Waals surface area contributed by atoms with Gasteiger partial charge in [0, 0.05) is 58.4 Å². The lowest BCUT2D eigenvalue weighted by Gasteiger charge is -2.48. The summed E-state index contributed by atoms with van der Waals surface area (Å²) in [6.07, 6.45) is 11.4. The van der Waals surface area contributed by atoms with E-state index in [2.05, 4.69) is 36.4 Å². The molecular formula is C17H24N6O. The number of imidazole rings is 1. The Labute approximate surface area is 142 Å². The minimum atomic E-state index is -0.105. The van der Waals surface area contributed by atoms with Crippen LogP contribution >= 0.6 is 0 Å². The molecule has 0 aromatic carbocycles. The van der Waals surface area contributed by atoms with E-state index in [1.807, 2.05) is 18.7 Å². The first kappa shape index (κ1) is 15.5. The lowest BCUT2D eigenvalue weighted by Crippen LogP contribution is -2.59. The third kappa shape index (κ3) is 3.14. The third-order valence-electron chi connectivity index (χ3n) is 5.04. The second-order valence-electron chi connectivity index (χ2n) is 6.83. The number of hydrogen-bond donors (Lipinski definition) is 0. The Morgan fingerprint density at radius 1 is 1.17 bits per heavy atom. The van der Waals surface area contributed by atoms with Crippen LogP contribution in [0.1, 0.15) is 18.5 Å². The van der Waals surface area contributed by atoms with E-state index in [-0.39, 0.29) is 5.60 Å². The fourth-order valence-corrected chi connectivity index (χ4v) is 3.82. The summed E-state index contributed by atoms with van der Waals surface area (Å²) in [4.78, 5) is 17.7. The van der Waals surface area contributed by atoms with Crippen LogP contribution in [0.4, 0.5) is 5.82 Å². The molecule has 1 spiro atoms. The summed E-state index contributed by atoms with van der Waals surface area (Å²) >= 11 is 0. The summed E-state index contributed by atoms with van der Waals surface area (Å²) in [7, 11) is 2.05. The van der Waals surface area contributed by atoms with Gasteiger partial charge in [-0.2, -0.15) is 0 Å². The summed E-state index contributed by atoms with van der Waals surface area (Å²) in [6, 6.07) is 0.